The Balaban J connectivity index is 1.98. The zero-order chi connectivity index (χ0) is 13.1. The summed E-state index contributed by atoms with van der Waals surface area (Å²) >= 11 is 3.50. The summed E-state index contributed by atoms with van der Waals surface area (Å²) < 4.78 is 25.6. The van der Waals surface area contributed by atoms with Gasteiger partial charge in [-0.3, -0.25) is 0 Å². The van der Waals surface area contributed by atoms with Crippen molar-refractivity contribution >= 4 is 21.6 Å². The highest BCUT2D eigenvalue weighted by molar-refractivity contribution is 9.10. The van der Waals surface area contributed by atoms with E-state index in [0.717, 1.165) is 22.3 Å². The monoisotopic (exact) mass is 318 g/mol. The molecule has 1 aliphatic rings. The van der Waals surface area contributed by atoms with Crippen molar-refractivity contribution in [3.63, 3.8) is 0 Å². The van der Waals surface area contributed by atoms with E-state index in [0.29, 0.717) is 6.04 Å². The largest absolute Gasteiger partial charge is 0.369 e. The number of alkyl halides is 2. The SMILES string of the molecule is CN(CC(F)F)c1ccc(CNC2CC2)c(Br)c1. The number of hydrogen-bond acceptors (Lipinski definition) is 2. The fraction of sp³-hybridized carbons (Fsp3) is 0.538. The number of anilines is 1. The maximum absolute atomic E-state index is 12.3. The van der Waals surface area contributed by atoms with Gasteiger partial charge >= 0.3 is 0 Å². The van der Waals surface area contributed by atoms with E-state index in [1.165, 1.54) is 12.8 Å². The van der Waals surface area contributed by atoms with Gasteiger partial charge in [-0.1, -0.05) is 22.0 Å². The van der Waals surface area contributed by atoms with Crippen LogP contribution in [0.25, 0.3) is 0 Å². The van der Waals surface area contributed by atoms with Crippen molar-refractivity contribution < 1.29 is 8.78 Å². The quantitative estimate of drug-likeness (QED) is 0.864. The Hall–Kier alpha value is -0.680. The molecule has 5 heteroatoms. The number of halogens is 3. The van der Waals surface area contributed by atoms with Crippen LogP contribution >= 0.6 is 15.9 Å². The molecule has 1 aliphatic carbocycles. The predicted molar refractivity (Wildman–Crippen MR) is 73.3 cm³/mol. The second kappa shape index (κ2) is 5.97. The first-order valence-electron chi connectivity index (χ1n) is 6.07. The highest BCUT2D eigenvalue weighted by Gasteiger charge is 2.20. The average Bonchev–Trinajstić information content (AvgIpc) is 3.10. The minimum Gasteiger partial charge on any atom is -0.369 e. The van der Waals surface area contributed by atoms with E-state index in [4.69, 9.17) is 0 Å². The first-order valence-corrected chi connectivity index (χ1v) is 6.86. The normalized spacial score (nSPS) is 15.2. The molecular weight excluding hydrogens is 302 g/mol. The van der Waals surface area contributed by atoms with Crippen molar-refractivity contribution in [1.82, 2.24) is 5.32 Å². The van der Waals surface area contributed by atoms with E-state index >= 15 is 0 Å². The Kier molecular flexibility index (Phi) is 4.56. The second-order valence-electron chi connectivity index (χ2n) is 4.70. The van der Waals surface area contributed by atoms with Gasteiger partial charge in [0.15, 0.2) is 0 Å². The fourth-order valence-electron chi connectivity index (χ4n) is 1.77. The van der Waals surface area contributed by atoms with E-state index in [9.17, 15) is 8.78 Å². The summed E-state index contributed by atoms with van der Waals surface area (Å²) in [7, 11) is 1.68. The molecule has 0 spiro atoms. The lowest BCUT2D eigenvalue weighted by atomic mass is 10.2. The van der Waals surface area contributed by atoms with Crippen LogP contribution < -0.4 is 10.2 Å². The highest BCUT2D eigenvalue weighted by atomic mass is 79.9. The van der Waals surface area contributed by atoms with Gasteiger partial charge in [-0.25, -0.2) is 8.78 Å². The Morgan fingerprint density at radius 1 is 1.44 bits per heavy atom. The third kappa shape index (κ3) is 3.92. The topological polar surface area (TPSA) is 15.3 Å². The van der Waals surface area contributed by atoms with E-state index in [1.54, 1.807) is 11.9 Å². The lowest BCUT2D eigenvalue weighted by Crippen LogP contribution is -2.24. The van der Waals surface area contributed by atoms with Crippen molar-refractivity contribution in [2.75, 3.05) is 18.5 Å². The molecule has 1 fully saturated rings. The van der Waals surface area contributed by atoms with Crippen LogP contribution in [0.4, 0.5) is 14.5 Å². The molecule has 1 aromatic rings. The molecule has 0 amide bonds. The first-order chi connectivity index (χ1) is 8.56. The molecule has 1 N–H and O–H groups in total. The molecular formula is C13H17BrF2N2. The van der Waals surface area contributed by atoms with Crippen LogP contribution in [-0.4, -0.2) is 26.1 Å². The summed E-state index contributed by atoms with van der Waals surface area (Å²) in [6.45, 7) is 0.580. The lowest BCUT2D eigenvalue weighted by molar-refractivity contribution is 0.156. The molecule has 0 aromatic heterocycles. The van der Waals surface area contributed by atoms with Crippen molar-refractivity contribution in [2.24, 2.45) is 0 Å². The zero-order valence-electron chi connectivity index (χ0n) is 10.3. The molecule has 0 heterocycles. The van der Waals surface area contributed by atoms with Crippen LogP contribution in [0.5, 0.6) is 0 Å². The third-order valence-corrected chi connectivity index (χ3v) is 3.79. The Morgan fingerprint density at radius 3 is 2.72 bits per heavy atom. The van der Waals surface area contributed by atoms with Crippen LogP contribution in [0.15, 0.2) is 22.7 Å². The number of nitrogens with one attached hydrogen (secondary N) is 1. The van der Waals surface area contributed by atoms with E-state index in [-0.39, 0.29) is 6.54 Å². The number of nitrogens with zero attached hydrogens (tertiary/aromatic N) is 1. The van der Waals surface area contributed by atoms with Gasteiger partial charge < -0.3 is 10.2 Å². The van der Waals surface area contributed by atoms with Crippen LogP contribution in [0.2, 0.25) is 0 Å². The molecule has 0 bridgehead atoms. The van der Waals surface area contributed by atoms with Crippen molar-refractivity contribution in [1.29, 1.82) is 0 Å². The van der Waals surface area contributed by atoms with Crippen molar-refractivity contribution in [3.05, 3.63) is 28.2 Å². The van der Waals surface area contributed by atoms with Crippen LogP contribution in [0.1, 0.15) is 18.4 Å². The van der Waals surface area contributed by atoms with Crippen molar-refractivity contribution in [2.45, 2.75) is 31.9 Å². The Bertz CT molecular complexity index is 408. The number of benzene rings is 1. The summed E-state index contributed by atoms with van der Waals surface area (Å²) in [5, 5.41) is 3.43. The van der Waals surface area contributed by atoms with E-state index < -0.39 is 6.43 Å². The molecule has 1 aromatic carbocycles. The maximum Gasteiger partial charge on any atom is 0.255 e. The smallest absolute Gasteiger partial charge is 0.255 e. The standard InChI is InChI=1S/C13H17BrF2N2/c1-18(8-13(15)16)11-5-2-9(12(14)6-11)7-17-10-3-4-10/h2,5-6,10,13,17H,3-4,7-8H2,1H3. The maximum atomic E-state index is 12.3. The first kappa shape index (κ1) is 13.7. The zero-order valence-corrected chi connectivity index (χ0v) is 11.9. The molecule has 100 valence electrons. The van der Waals surface area contributed by atoms with Crippen molar-refractivity contribution in [3.8, 4) is 0 Å². The average molecular weight is 319 g/mol. The van der Waals surface area contributed by atoms with E-state index in [2.05, 4.69) is 21.2 Å². The summed E-state index contributed by atoms with van der Waals surface area (Å²) in [6, 6.07) is 6.43. The van der Waals surface area contributed by atoms with Gasteiger partial charge in [-0.05, 0) is 30.5 Å². The molecule has 0 atom stereocenters. The Morgan fingerprint density at radius 2 is 2.17 bits per heavy atom. The summed E-state index contributed by atoms with van der Waals surface area (Å²) in [5.41, 5.74) is 1.97. The van der Waals surface area contributed by atoms with Crippen LogP contribution in [0, 0.1) is 0 Å². The van der Waals surface area contributed by atoms with E-state index in [1.807, 2.05) is 18.2 Å². The molecule has 18 heavy (non-hydrogen) atoms. The minimum absolute atomic E-state index is 0.244. The molecule has 0 saturated heterocycles. The van der Waals surface area contributed by atoms with Gasteiger partial charge in [0.25, 0.3) is 6.43 Å². The van der Waals surface area contributed by atoms with Gasteiger partial charge in [0.1, 0.15) is 0 Å². The van der Waals surface area contributed by atoms with Gasteiger partial charge in [-0.2, -0.15) is 0 Å². The second-order valence-corrected chi connectivity index (χ2v) is 5.56. The fourth-order valence-corrected chi connectivity index (χ4v) is 2.28. The summed E-state index contributed by atoms with van der Waals surface area (Å²) in [6.07, 6.45) is 0.199. The molecule has 2 nitrogen and oxygen atoms in total. The van der Waals surface area contributed by atoms with Gasteiger partial charge in [-0.15, -0.1) is 0 Å². The van der Waals surface area contributed by atoms with Crippen LogP contribution in [-0.2, 0) is 6.54 Å². The predicted octanol–water partition coefficient (Wildman–Crippen LogP) is 3.40. The number of rotatable bonds is 6. The highest BCUT2D eigenvalue weighted by Crippen LogP contribution is 2.25. The molecule has 0 radical (unpaired) electrons. The molecule has 2 rings (SSSR count). The Labute approximate surface area is 114 Å². The molecule has 1 saturated carbocycles. The van der Waals surface area contributed by atoms with Crippen LogP contribution in [0.3, 0.4) is 0 Å². The molecule has 0 unspecified atom stereocenters. The minimum atomic E-state index is -2.31. The summed E-state index contributed by atoms with van der Waals surface area (Å²) in [4.78, 5) is 1.56. The van der Waals surface area contributed by atoms with Gasteiger partial charge in [0.2, 0.25) is 0 Å². The summed E-state index contributed by atoms with van der Waals surface area (Å²) in [5.74, 6) is 0. The number of hydrogen-bond donors (Lipinski definition) is 1. The lowest BCUT2D eigenvalue weighted by Gasteiger charge is -2.19. The molecule has 0 aliphatic heterocycles. The van der Waals surface area contributed by atoms with Gasteiger partial charge in [0, 0.05) is 29.8 Å². The van der Waals surface area contributed by atoms with Gasteiger partial charge in [0.05, 0.1) is 6.54 Å². The third-order valence-electron chi connectivity index (χ3n) is 3.05.